The zero-order valence-electron chi connectivity index (χ0n) is 9.80. The minimum Gasteiger partial charge on any atom is -0.389 e. The Bertz CT molecular complexity index is 402. The van der Waals surface area contributed by atoms with Crippen molar-refractivity contribution in [2.24, 2.45) is 5.73 Å². The van der Waals surface area contributed by atoms with E-state index < -0.39 is 0 Å². The predicted octanol–water partition coefficient (Wildman–Crippen LogP) is 3.57. The van der Waals surface area contributed by atoms with Crippen molar-refractivity contribution in [1.29, 1.82) is 0 Å². The van der Waals surface area contributed by atoms with Crippen molar-refractivity contribution >= 4 is 34.5 Å². The number of halogens is 1. The predicted molar refractivity (Wildman–Crippen MR) is 75.3 cm³/mol. The average Bonchev–Trinajstić information content (AvgIpc) is 2.16. The normalized spacial score (nSPS) is 11.2. The van der Waals surface area contributed by atoms with E-state index in [4.69, 9.17) is 29.6 Å². The van der Waals surface area contributed by atoms with Crippen LogP contribution in [0.15, 0.2) is 18.2 Å². The van der Waals surface area contributed by atoms with Crippen LogP contribution in [0.2, 0.25) is 5.02 Å². The van der Waals surface area contributed by atoms with E-state index >= 15 is 0 Å². The summed E-state index contributed by atoms with van der Waals surface area (Å²) in [6.07, 6.45) is 0.996. The van der Waals surface area contributed by atoms with E-state index in [0.717, 1.165) is 17.7 Å². The number of rotatable bonds is 4. The first kappa shape index (κ1) is 13.3. The van der Waals surface area contributed by atoms with Gasteiger partial charge in [0.2, 0.25) is 0 Å². The Balaban J connectivity index is 3.14. The SMILES string of the molecule is CCC(C)(C)Nc1cccc(Cl)c1C(N)=S. The molecule has 1 aromatic rings. The second kappa shape index (κ2) is 5.02. The standard InChI is InChI=1S/C12H17ClN2S/c1-4-12(2,3)15-9-7-5-6-8(13)10(9)11(14)16/h5-7,15H,4H2,1-3H3,(H2,14,16). The lowest BCUT2D eigenvalue weighted by Crippen LogP contribution is -2.31. The molecule has 0 saturated heterocycles. The van der Waals surface area contributed by atoms with Gasteiger partial charge in [-0.1, -0.05) is 36.8 Å². The van der Waals surface area contributed by atoms with Gasteiger partial charge < -0.3 is 11.1 Å². The van der Waals surface area contributed by atoms with E-state index in [1.807, 2.05) is 12.1 Å². The minimum atomic E-state index is -0.00971. The Hall–Kier alpha value is -0.800. The molecule has 0 bridgehead atoms. The van der Waals surface area contributed by atoms with Crippen molar-refractivity contribution in [3.8, 4) is 0 Å². The molecule has 0 aromatic heterocycles. The zero-order chi connectivity index (χ0) is 12.3. The molecular weight excluding hydrogens is 240 g/mol. The number of nitrogens with two attached hydrogens (primary N) is 1. The van der Waals surface area contributed by atoms with E-state index in [9.17, 15) is 0 Å². The van der Waals surface area contributed by atoms with Crippen LogP contribution >= 0.6 is 23.8 Å². The second-order valence-corrected chi connectivity index (χ2v) is 5.24. The lowest BCUT2D eigenvalue weighted by atomic mass is 10.0. The molecule has 0 spiro atoms. The highest BCUT2D eigenvalue weighted by atomic mass is 35.5. The summed E-state index contributed by atoms with van der Waals surface area (Å²) in [7, 11) is 0. The molecule has 1 rings (SSSR count). The molecule has 2 nitrogen and oxygen atoms in total. The van der Waals surface area contributed by atoms with Crippen molar-refractivity contribution in [2.45, 2.75) is 32.7 Å². The van der Waals surface area contributed by atoms with E-state index in [1.54, 1.807) is 6.07 Å². The largest absolute Gasteiger partial charge is 0.389 e. The zero-order valence-corrected chi connectivity index (χ0v) is 11.4. The van der Waals surface area contributed by atoms with Gasteiger partial charge in [-0.25, -0.2) is 0 Å². The molecule has 88 valence electrons. The molecule has 0 amide bonds. The first-order chi connectivity index (χ1) is 7.37. The van der Waals surface area contributed by atoms with Crippen molar-refractivity contribution < 1.29 is 0 Å². The van der Waals surface area contributed by atoms with Crippen LogP contribution in [0.4, 0.5) is 5.69 Å². The van der Waals surface area contributed by atoms with Gasteiger partial charge in [-0.2, -0.15) is 0 Å². The van der Waals surface area contributed by atoms with Crippen LogP contribution in [0.25, 0.3) is 0 Å². The smallest absolute Gasteiger partial charge is 0.107 e. The second-order valence-electron chi connectivity index (χ2n) is 4.39. The van der Waals surface area contributed by atoms with Gasteiger partial charge in [0.05, 0.1) is 10.6 Å². The molecule has 0 radical (unpaired) electrons. The van der Waals surface area contributed by atoms with Gasteiger partial charge >= 0.3 is 0 Å². The van der Waals surface area contributed by atoms with Gasteiger partial charge in [-0.05, 0) is 32.4 Å². The Kier molecular flexibility index (Phi) is 4.16. The van der Waals surface area contributed by atoms with Crippen molar-refractivity contribution in [2.75, 3.05) is 5.32 Å². The third-order valence-corrected chi connectivity index (χ3v) is 3.14. The van der Waals surface area contributed by atoms with E-state index in [2.05, 4.69) is 26.1 Å². The van der Waals surface area contributed by atoms with Gasteiger partial charge in [0.25, 0.3) is 0 Å². The molecule has 3 N–H and O–H groups in total. The maximum absolute atomic E-state index is 6.09. The summed E-state index contributed by atoms with van der Waals surface area (Å²) in [5.74, 6) is 0. The van der Waals surface area contributed by atoms with Gasteiger partial charge in [0, 0.05) is 11.2 Å². The fraction of sp³-hybridized carbons (Fsp3) is 0.417. The molecule has 16 heavy (non-hydrogen) atoms. The van der Waals surface area contributed by atoms with Crippen LogP contribution in [0.5, 0.6) is 0 Å². The minimum absolute atomic E-state index is 0.00971. The quantitative estimate of drug-likeness (QED) is 0.809. The van der Waals surface area contributed by atoms with Gasteiger partial charge in [-0.15, -0.1) is 0 Å². The fourth-order valence-corrected chi connectivity index (χ4v) is 1.88. The number of thiocarbonyl (C=S) groups is 1. The summed E-state index contributed by atoms with van der Waals surface area (Å²) in [6, 6.07) is 5.62. The van der Waals surface area contributed by atoms with Crippen LogP contribution in [0, 0.1) is 0 Å². The van der Waals surface area contributed by atoms with E-state index in [-0.39, 0.29) is 5.54 Å². The van der Waals surface area contributed by atoms with Crippen LogP contribution in [-0.2, 0) is 0 Å². The van der Waals surface area contributed by atoms with E-state index in [1.165, 1.54) is 0 Å². The molecular formula is C12H17ClN2S. The van der Waals surface area contributed by atoms with Gasteiger partial charge in [-0.3, -0.25) is 0 Å². The number of hydrogen-bond acceptors (Lipinski definition) is 2. The summed E-state index contributed by atoms with van der Waals surface area (Å²) < 4.78 is 0. The summed E-state index contributed by atoms with van der Waals surface area (Å²) in [5, 5.41) is 3.99. The maximum Gasteiger partial charge on any atom is 0.107 e. The van der Waals surface area contributed by atoms with Crippen LogP contribution in [-0.4, -0.2) is 10.5 Å². The number of nitrogens with one attached hydrogen (secondary N) is 1. The Morgan fingerprint density at radius 3 is 2.62 bits per heavy atom. The third-order valence-electron chi connectivity index (χ3n) is 2.62. The van der Waals surface area contributed by atoms with Gasteiger partial charge in [0.15, 0.2) is 0 Å². The fourth-order valence-electron chi connectivity index (χ4n) is 1.33. The number of anilines is 1. The Morgan fingerprint density at radius 2 is 2.12 bits per heavy atom. The maximum atomic E-state index is 6.09. The van der Waals surface area contributed by atoms with Crippen LogP contribution < -0.4 is 11.1 Å². The first-order valence-electron chi connectivity index (χ1n) is 5.24. The lowest BCUT2D eigenvalue weighted by Gasteiger charge is -2.27. The highest BCUT2D eigenvalue weighted by molar-refractivity contribution is 7.80. The van der Waals surface area contributed by atoms with Crippen LogP contribution in [0.1, 0.15) is 32.8 Å². The number of benzene rings is 1. The number of hydrogen-bond donors (Lipinski definition) is 2. The van der Waals surface area contributed by atoms with Crippen molar-refractivity contribution in [3.63, 3.8) is 0 Å². The highest BCUT2D eigenvalue weighted by Gasteiger charge is 2.18. The monoisotopic (exact) mass is 256 g/mol. The molecule has 0 atom stereocenters. The molecule has 4 heteroatoms. The Labute approximate surface area is 107 Å². The molecule has 0 aliphatic rings. The molecule has 0 heterocycles. The third kappa shape index (κ3) is 3.09. The van der Waals surface area contributed by atoms with Crippen LogP contribution in [0.3, 0.4) is 0 Å². The molecule has 1 aromatic carbocycles. The summed E-state index contributed by atoms with van der Waals surface area (Å²) in [5.41, 5.74) is 7.29. The summed E-state index contributed by atoms with van der Waals surface area (Å²) in [6.45, 7) is 6.37. The Morgan fingerprint density at radius 1 is 1.50 bits per heavy atom. The average molecular weight is 257 g/mol. The molecule has 0 unspecified atom stereocenters. The van der Waals surface area contributed by atoms with Gasteiger partial charge in [0.1, 0.15) is 4.99 Å². The lowest BCUT2D eigenvalue weighted by molar-refractivity contribution is 0.547. The molecule has 0 aliphatic heterocycles. The first-order valence-corrected chi connectivity index (χ1v) is 6.02. The topological polar surface area (TPSA) is 38.0 Å². The molecule has 0 aliphatic carbocycles. The molecule has 0 fully saturated rings. The molecule has 0 saturated carbocycles. The van der Waals surface area contributed by atoms with Crippen molar-refractivity contribution in [1.82, 2.24) is 0 Å². The summed E-state index contributed by atoms with van der Waals surface area (Å²) in [4.78, 5) is 0.319. The summed E-state index contributed by atoms with van der Waals surface area (Å²) >= 11 is 11.1. The van der Waals surface area contributed by atoms with Crippen molar-refractivity contribution in [3.05, 3.63) is 28.8 Å². The van der Waals surface area contributed by atoms with E-state index in [0.29, 0.717) is 10.0 Å². The highest BCUT2D eigenvalue weighted by Crippen LogP contribution is 2.27.